The smallest absolute Gasteiger partial charge is 0.267 e. The number of hydrogen-bond donors (Lipinski definition) is 0. The fraction of sp³-hybridized carbons (Fsp3) is 0.158. The molecule has 0 saturated heterocycles. The molecule has 0 fully saturated rings. The molecule has 1 aliphatic rings. The molecule has 3 nitrogen and oxygen atoms in total. The lowest BCUT2D eigenvalue weighted by Crippen LogP contribution is -2.21. The summed E-state index contributed by atoms with van der Waals surface area (Å²) in [6.45, 7) is 5.93. The summed E-state index contributed by atoms with van der Waals surface area (Å²) >= 11 is 0. The molecule has 0 spiro atoms. The van der Waals surface area contributed by atoms with Crippen LogP contribution in [0.15, 0.2) is 59.2 Å². The lowest BCUT2D eigenvalue weighted by molar-refractivity contribution is -0.114. The van der Waals surface area contributed by atoms with Gasteiger partial charge in [0.05, 0.1) is 17.0 Å². The first-order valence-electron chi connectivity index (χ1n) is 7.30. The molecule has 110 valence electrons. The van der Waals surface area contributed by atoms with Crippen molar-refractivity contribution in [3.8, 4) is 0 Å². The molecule has 0 aromatic heterocycles. The summed E-state index contributed by atoms with van der Waals surface area (Å²) in [5.74, 6) is -0.0815. The third kappa shape index (κ3) is 2.70. The first kappa shape index (κ1) is 14.3. The van der Waals surface area contributed by atoms with Gasteiger partial charge >= 0.3 is 0 Å². The highest BCUT2D eigenvalue weighted by molar-refractivity contribution is 6.32. The zero-order valence-corrected chi connectivity index (χ0v) is 13.0. The number of benzene rings is 2. The number of aryl methyl sites for hydroxylation is 2. The predicted molar refractivity (Wildman–Crippen MR) is 90.9 cm³/mol. The zero-order valence-electron chi connectivity index (χ0n) is 13.0. The summed E-state index contributed by atoms with van der Waals surface area (Å²) in [6, 6.07) is 15.9. The molecule has 2 aromatic rings. The van der Waals surface area contributed by atoms with Crippen LogP contribution in [0.5, 0.6) is 0 Å². The molecule has 0 unspecified atom stereocenters. The molecule has 2 aromatic carbocycles. The second-order valence-electron chi connectivity index (χ2n) is 5.61. The van der Waals surface area contributed by atoms with Crippen molar-refractivity contribution >= 4 is 23.4 Å². The standard InChI is InChI=1S/C19H18N2O/c1-13-4-8-16(9-5-13)12-18-15(3)20-21(19(18)22)17-10-6-14(2)7-11-17/h4-12H,1-3H3. The molecular weight excluding hydrogens is 272 g/mol. The van der Waals surface area contributed by atoms with E-state index in [1.165, 1.54) is 10.6 Å². The van der Waals surface area contributed by atoms with E-state index in [1.807, 2.05) is 75.4 Å². The first-order valence-corrected chi connectivity index (χ1v) is 7.30. The molecule has 3 rings (SSSR count). The Bertz CT molecular complexity index is 768. The number of carbonyl (C=O) groups is 1. The van der Waals surface area contributed by atoms with Gasteiger partial charge in [0.2, 0.25) is 0 Å². The number of anilines is 1. The highest BCUT2D eigenvalue weighted by Gasteiger charge is 2.28. The van der Waals surface area contributed by atoms with Crippen molar-refractivity contribution in [1.82, 2.24) is 0 Å². The molecule has 22 heavy (non-hydrogen) atoms. The van der Waals surface area contributed by atoms with Crippen molar-refractivity contribution < 1.29 is 4.79 Å². The quantitative estimate of drug-likeness (QED) is 0.766. The first-order chi connectivity index (χ1) is 10.5. The van der Waals surface area contributed by atoms with Gasteiger partial charge in [0.25, 0.3) is 5.91 Å². The number of rotatable bonds is 2. The van der Waals surface area contributed by atoms with Crippen LogP contribution >= 0.6 is 0 Å². The third-order valence-electron chi connectivity index (χ3n) is 3.73. The fourth-order valence-corrected chi connectivity index (χ4v) is 2.37. The van der Waals surface area contributed by atoms with Crippen LogP contribution in [0, 0.1) is 13.8 Å². The maximum atomic E-state index is 12.6. The second kappa shape index (κ2) is 5.60. The van der Waals surface area contributed by atoms with Crippen LogP contribution in [-0.2, 0) is 4.79 Å². The van der Waals surface area contributed by atoms with E-state index in [0.29, 0.717) is 5.57 Å². The summed E-state index contributed by atoms with van der Waals surface area (Å²) in [6.07, 6.45) is 1.90. The van der Waals surface area contributed by atoms with Gasteiger partial charge in [-0.25, -0.2) is 0 Å². The number of carbonyl (C=O) groups excluding carboxylic acids is 1. The monoisotopic (exact) mass is 290 g/mol. The van der Waals surface area contributed by atoms with Crippen LogP contribution < -0.4 is 5.01 Å². The predicted octanol–water partition coefficient (Wildman–Crippen LogP) is 4.11. The molecule has 0 atom stereocenters. The van der Waals surface area contributed by atoms with Crippen LogP contribution in [0.2, 0.25) is 0 Å². The van der Waals surface area contributed by atoms with Crippen molar-refractivity contribution in [3.05, 3.63) is 70.8 Å². The largest absolute Gasteiger partial charge is 0.280 e. The van der Waals surface area contributed by atoms with E-state index in [9.17, 15) is 4.79 Å². The van der Waals surface area contributed by atoms with E-state index < -0.39 is 0 Å². The van der Waals surface area contributed by atoms with Gasteiger partial charge in [-0.05, 0) is 44.5 Å². The number of nitrogens with zero attached hydrogens (tertiary/aromatic N) is 2. The lowest BCUT2D eigenvalue weighted by atomic mass is 10.1. The SMILES string of the molecule is CC1=NN(c2ccc(C)cc2)C(=O)C1=Cc1ccc(C)cc1. The van der Waals surface area contributed by atoms with Gasteiger partial charge in [-0.3, -0.25) is 4.79 Å². The number of amides is 1. The lowest BCUT2D eigenvalue weighted by Gasteiger charge is -2.11. The highest BCUT2D eigenvalue weighted by Crippen LogP contribution is 2.25. The zero-order chi connectivity index (χ0) is 15.7. The average Bonchev–Trinajstić information content (AvgIpc) is 2.78. The maximum absolute atomic E-state index is 12.6. The fourth-order valence-electron chi connectivity index (χ4n) is 2.37. The summed E-state index contributed by atoms with van der Waals surface area (Å²) in [5.41, 5.74) is 5.55. The summed E-state index contributed by atoms with van der Waals surface area (Å²) in [7, 11) is 0. The Morgan fingerprint density at radius 1 is 0.864 bits per heavy atom. The van der Waals surface area contributed by atoms with E-state index in [4.69, 9.17) is 0 Å². The van der Waals surface area contributed by atoms with E-state index in [-0.39, 0.29) is 5.91 Å². The minimum Gasteiger partial charge on any atom is -0.267 e. The summed E-state index contributed by atoms with van der Waals surface area (Å²) in [5, 5.41) is 5.86. The number of hydrogen-bond acceptors (Lipinski definition) is 2. The normalized spacial score (nSPS) is 16.3. The van der Waals surface area contributed by atoms with E-state index >= 15 is 0 Å². The van der Waals surface area contributed by atoms with Crippen LogP contribution in [0.25, 0.3) is 6.08 Å². The molecule has 0 aliphatic carbocycles. The molecule has 1 heterocycles. The van der Waals surface area contributed by atoms with Crippen LogP contribution in [0.1, 0.15) is 23.6 Å². The van der Waals surface area contributed by atoms with Crippen molar-refractivity contribution in [3.63, 3.8) is 0 Å². The van der Waals surface area contributed by atoms with E-state index in [2.05, 4.69) is 5.10 Å². The summed E-state index contributed by atoms with van der Waals surface area (Å²) < 4.78 is 0. The van der Waals surface area contributed by atoms with E-state index in [1.54, 1.807) is 0 Å². The van der Waals surface area contributed by atoms with Crippen LogP contribution in [0.3, 0.4) is 0 Å². The number of hydrazone groups is 1. The van der Waals surface area contributed by atoms with Crippen LogP contribution in [0.4, 0.5) is 5.69 Å². The van der Waals surface area contributed by atoms with Crippen molar-refractivity contribution in [1.29, 1.82) is 0 Å². The molecule has 3 heteroatoms. The van der Waals surface area contributed by atoms with Gasteiger partial charge in [-0.1, -0.05) is 47.5 Å². The maximum Gasteiger partial charge on any atom is 0.280 e. The Kier molecular flexibility index (Phi) is 3.63. The molecule has 0 bridgehead atoms. The molecule has 1 amide bonds. The average molecular weight is 290 g/mol. The molecule has 0 saturated carbocycles. The van der Waals surface area contributed by atoms with Gasteiger partial charge < -0.3 is 0 Å². The molecular formula is C19H18N2O. The topological polar surface area (TPSA) is 32.7 Å². The highest BCUT2D eigenvalue weighted by atomic mass is 16.2. The van der Waals surface area contributed by atoms with Crippen molar-refractivity contribution in [2.45, 2.75) is 20.8 Å². The van der Waals surface area contributed by atoms with Crippen molar-refractivity contribution in [2.75, 3.05) is 5.01 Å². The molecule has 1 aliphatic heterocycles. The van der Waals surface area contributed by atoms with Gasteiger partial charge in [0.1, 0.15) is 0 Å². The third-order valence-corrected chi connectivity index (χ3v) is 3.73. The van der Waals surface area contributed by atoms with E-state index in [0.717, 1.165) is 22.5 Å². The molecule has 0 radical (unpaired) electrons. The second-order valence-corrected chi connectivity index (χ2v) is 5.61. The minimum atomic E-state index is -0.0815. The van der Waals surface area contributed by atoms with Crippen molar-refractivity contribution in [2.24, 2.45) is 5.10 Å². The van der Waals surface area contributed by atoms with Gasteiger partial charge in [-0.2, -0.15) is 10.1 Å². The van der Waals surface area contributed by atoms with Gasteiger partial charge in [0.15, 0.2) is 0 Å². The Labute approximate surface area is 130 Å². The molecule has 0 N–H and O–H groups in total. The Balaban J connectivity index is 1.92. The Morgan fingerprint density at radius 2 is 1.41 bits per heavy atom. The summed E-state index contributed by atoms with van der Waals surface area (Å²) in [4.78, 5) is 12.6. The van der Waals surface area contributed by atoms with Gasteiger partial charge in [0, 0.05) is 0 Å². The minimum absolute atomic E-state index is 0.0815. The van der Waals surface area contributed by atoms with Crippen LogP contribution in [-0.4, -0.2) is 11.6 Å². The Morgan fingerprint density at radius 3 is 2.00 bits per heavy atom. The van der Waals surface area contributed by atoms with Gasteiger partial charge in [-0.15, -0.1) is 0 Å². The Hall–Kier alpha value is -2.68.